The van der Waals surface area contributed by atoms with Crippen molar-refractivity contribution < 1.29 is 9.66 Å². The Labute approximate surface area is 109 Å². The first-order valence-corrected chi connectivity index (χ1v) is 5.67. The fourth-order valence-corrected chi connectivity index (χ4v) is 1.43. The number of anilines is 1. The van der Waals surface area contributed by atoms with E-state index in [0.717, 1.165) is 6.54 Å². The highest BCUT2D eigenvalue weighted by atomic mass is 16.6. The highest BCUT2D eigenvalue weighted by Gasteiger charge is 2.06. The van der Waals surface area contributed by atoms with Gasteiger partial charge in [-0.05, 0) is 19.1 Å². The normalized spacial score (nSPS) is 9.95. The van der Waals surface area contributed by atoms with Crippen LogP contribution in [0.5, 0.6) is 11.6 Å². The molecule has 0 atom stereocenters. The van der Waals surface area contributed by atoms with Crippen LogP contribution in [0, 0.1) is 10.1 Å². The quantitative estimate of drug-likeness (QED) is 0.656. The predicted octanol–water partition coefficient (Wildman–Crippen LogP) is 2.61. The molecule has 0 aliphatic rings. The minimum absolute atomic E-state index is 0.0170. The lowest BCUT2D eigenvalue weighted by molar-refractivity contribution is -0.384. The van der Waals surface area contributed by atoms with Crippen LogP contribution in [0.4, 0.5) is 11.5 Å². The molecule has 0 bridgehead atoms. The van der Waals surface area contributed by atoms with Crippen LogP contribution in [0.15, 0.2) is 36.7 Å². The summed E-state index contributed by atoms with van der Waals surface area (Å²) in [6, 6.07) is 7.45. The zero-order valence-electron chi connectivity index (χ0n) is 10.2. The number of benzene rings is 1. The number of ether oxygens (including phenoxy) is 1. The third kappa shape index (κ3) is 3.38. The number of nitrogens with zero attached hydrogens (tertiary/aromatic N) is 3. The van der Waals surface area contributed by atoms with Gasteiger partial charge in [0.2, 0.25) is 5.88 Å². The van der Waals surface area contributed by atoms with Crippen LogP contribution in [0.2, 0.25) is 0 Å². The van der Waals surface area contributed by atoms with Gasteiger partial charge >= 0.3 is 0 Å². The van der Waals surface area contributed by atoms with Crippen molar-refractivity contribution in [3.63, 3.8) is 0 Å². The maximum Gasteiger partial charge on any atom is 0.269 e. The van der Waals surface area contributed by atoms with E-state index in [1.165, 1.54) is 30.6 Å². The van der Waals surface area contributed by atoms with E-state index >= 15 is 0 Å². The maximum absolute atomic E-state index is 10.5. The standard InChI is InChI=1S/C12H12N4O3/c1-2-13-11-7-12(15-8-14-11)19-10-5-3-9(4-6-10)16(17)18/h3-8H,2H2,1H3,(H,13,14,15). The molecule has 0 aliphatic carbocycles. The highest BCUT2D eigenvalue weighted by molar-refractivity contribution is 5.40. The summed E-state index contributed by atoms with van der Waals surface area (Å²) in [7, 11) is 0. The van der Waals surface area contributed by atoms with Crippen LogP contribution < -0.4 is 10.1 Å². The molecule has 0 unspecified atom stereocenters. The Morgan fingerprint density at radius 3 is 2.68 bits per heavy atom. The summed E-state index contributed by atoms with van der Waals surface area (Å²) in [5.41, 5.74) is 0.0170. The fraction of sp³-hybridized carbons (Fsp3) is 0.167. The summed E-state index contributed by atoms with van der Waals surface area (Å²) in [5, 5.41) is 13.6. The SMILES string of the molecule is CCNc1cc(Oc2ccc([N+](=O)[O-])cc2)ncn1. The summed E-state index contributed by atoms with van der Waals surface area (Å²) < 4.78 is 5.49. The van der Waals surface area contributed by atoms with E-state index in [1.807, 2.05) is 6.92 Å². The van der Waals surface area contributed by atoms with E-state index in [-0.39, 0.29) is 5.69 Å². The van der Waals surface area contributed by atoms with E-state index in [9.17, 15) is 10.1 Å². The highest BCUT2D eigenvalue weighted by Crippen LogP contribution is 2.23. The molecule has 7 heteroatoms. The molecule has 1 heterocycles. The lowest BCUT2D eigenvalue weighted by atomic mass is 10.3. The molecular weight excluding hydrogens is 248 g/mol. The Morgan fingerprint density at radius 2 is 2.05 bits per heavy atom. The van der Waals surface area contributed by atoms with Gasteiger partial charge in [0.05, 0.1) is 4.92 Å². The van der Waals surface area contributed by atoms with Crippen LogP contribution in [0.3, 0.4) is 0 Å². The second kappa shape index (κ2) is 5.76. The maximum atomic E-state index is 10.5. The van der Waals surface area contributed by atoms with Gasteiger partial charge < -0.3 is 10.1 Å². The molecule has 7 nitrogen and oxygen atoms in total. The number of nitro benzene ring substituents is 1. The van der Waals surface area contributed by atoms with Crippen molar-refractivity contribution in [1.29, 1.82) is 0 Å². The molecule has 2 rings (SSSR count). The molecule has 0 saturated heterocycles. The Hall–Kier alpha value is -2.70. The van der Waals surface area contributed by atoms with Gasteiger partial charge in [0.15, 0.2) is 0 Å². The number of aromatic nitrogens is 2. The second-order valence-corrected chi connectivity index (χ2v) is 3.62. The fourth-order valence-electron chi connectivity index (χ4n) is 1.43. The summed E-state index contributed by atoms with van der Waals surface area (Å²) in [6.45, 7) is 2.70. The van der Waals surface area contributed by atoms with Crippen LogP contribution in [0.1, 0.15) is 6.92 Å². The third-order valence-electron chi connectivity index (χ3n) is 2.27. The minimum Gasteiger partial charge on any atom is -0.439 e. The molecule has 0 saturated carbocycles. The van der Waals surface area contributed by atoms with Gasteiger partial charge in [0.25, 0.3) is 5.69 Å². The van der Waals surface area contributed by atoms with Crippen molar-refractivity contribution in [3.8, 4) is 11.6 Å². The van der Waals surface area contributed by atoms with E-state index in [0.29, 0.717) is 17.4 Å². The van der Waals surface area contributed by atoms with Gasteiger partial charge in [-0.3, -0.25) is 10.1 Å². The molecule has 19 heavy (non-hydrogen) atoms. The lowest BCUT2D eigenvalue weighted by Gasteiger charge is -2.06. The molecule has 98 valence electrons. The van der Waals surface area contributed by atoms with Gasteiger partial charge in [0, 0.05) is 24.7 Å². The topological polar surface area (TPSA) is 90.2 Å². The van der Waals surface area contributed by atoms with E-state index in [2.05, 4.69) is 15.3 Å². The molecule has 0 radical (unpaired) electrons. The first-order valence-electron chi connectivity index (χ1n) is 5.67. The molecule has 1 aromatic carbocycles. The van der Waals surface area contributed by atoms with Crippen LogP contribution >= 0.6 is 0 Å². The average Bonchev–Trinajstić information content (AvgIpc) is 2.40. The predicted molar refractivity (Wildman–Crippen MR) is 69.4 cm³/mol. The number of nitro groups is 1. The average molecular weight is 260 g/mol. The van der Waals surface area contributed by atoms with Crippen molar-refractivity contribution in [2.45, 2.75) is 6.92 Å². The molecule has 0 fully saturated rings. The van der Waals surface area contributed by atoms with E-state index < -0.39 is 4.92 Å². The van der Waals surface area contributed by atoms with Crippen molar-refractivity contribution in [2.24, 2.45) is 0 Å². The van der Waals surface area contributed by atoms with Crippen molar-refractivity contribution in [3.05, 3.63) is 46.8 Å². The Balaban J connectivity index is 2.12. The Bertz CT molecular complexity index is 571. The molecular formula is C12H12N4O3. The first-order chi connectivity index (χ1) is 9.19. The van der Waals surface area contributed by atoms with Crippen LogP contribution in [0.25, 0.3) is 0 Å². The van der Waals surface area contributed by atoms with Gasteiger partial charge in [0.1, 0.15) is 17.9 Å². The molecule has 1 N–H and O–H groups in total. The monoisotopic (exact) mass is 260 g/mol. The first kappa shape index (κ1) is 12.7. The van der Waals surface area contributed by atoms with E-state index in [1.54, 1.807) is 6.07 Å². The van der Waals surface area contributed by atoms with Gasteiger partial charge in [-0.25, -0.2) is 9.97 Å². The van der Waals surface area contributed by atoms with Crippen LogP contribution in [-0.4, -0.2) is 21.4 Å². The van der Waals surface area contributed by atoms with Gasteiger partial charge in [-0.1, -0.05) is 0 Å². The van der Waals surface area contributed by atoms with Crippen molar-refractivity contribution in [1.82, 2.24) is 9.97 Å². The largest absolute Gasteiger partial charge is 0.439 e. The summed E-state index contributed by atoms with van der Waals surface area (Å²) in [6.07, 6.45) is 1.39. The molecule has 0 aliphatic heterocycles. The Morgan fingerprint density at radius 1 is 1.32 bits per heavy atom. The zero-order valence-corrected chi connectivity index (χ0v) is 10.2. The third-order valence-corrected chi connectivity index (χ3v) is 2.27. The van der Waals surface area contributed by atoms with Gasteiger partial charge in [-0.15, -0.1) is 0 Å². The molecule has 0 spiro atoms. The molecule has 0 amide bonds. The molecule has 1 aromatic heterocycles. The second-order valence-electron chi connectivity index (χ2n) is 3.62. The Kier molecular flexibility index (Phi) is 3.87. The van der Waals surface area contributed by atoms with E-state index in [4.69, 9.17) is 4.74 Å². The number of nitrogens with one attached hydrogen (secondary N) is 1. The van der Waals surface area contributed by atoms with Gasteiger partial charge in [-0.2, -0.15) is 0 Å². The van der Waals surface area contributed by atoms with Crippen molar-refractivity contribution >= 4 is 11.5 Å². The smallest absolute Gasteiger partial charge is 0.269 e. The molecule has 2 aromatic rings. The number of hydrogen-bond donors (Lipinski definition) is 1. The zero-order chi connectivity index (χ0) is 13.7. The number of non-ortho nitro benzene ring substituents is 1. The number of rotatable bonds is 5. The van der Waals surface area contributed by atoms with Crippen LogP contribution in [-0.2, 0) is 0 Å². The summed E-state index contributed by atoms with van der Waals surface area (Å²) in [5.74, 6) is 1.51. The lowest BCUT2D eigenvalue weighted by Crippen LogP contribution is -2.00. The summed E-state index contributed by atoms with van der Waals surface area (Å²) >= 11 is 0. The minimum atomic E-state index is -0.461. The number of hydrogen-bond acceptors (Lipinski definition) is 6. The van der Waals surface area contributed by atoms with Crippen molar-refractivity contribution in [2.75, 3.05) is 11.9 Å². The summed E-state index contributed by atoms with van der Waals surface area (Å²) in [4.78, 5) is 18.0.